The molecule has 4 nitrogen and oxygen atoms in total. The SMILES string of the molecule is CC1CC1C(=O)N(CC(=O)O)CC(F)(F)F. The standard InChI is InChI=1S/C9H12F3NO3/c1-5-2-6(5)8(16)13(3-7(14)15)4-9(10,11)12/h5-6H,2-4H2,1H3,(H,14,15). The maximum atomic E-state index is 12.1. The summed E-state index contributed by atoms with van der Waals surface area (Å²) in [5.74, 6) is -2.54. The number of carboxylic acid groups (broad SMARTS) is 1. The molecule has 1 aliphatic rings. The van der Waals surface area contributed by atoms with Gasteiger partial charge in [-0.15, -0.1) is 0 Å². The van der Waals surface area contributed by atoms with Crippen molar-refractivity contribution in [1.82, 2.24) is 4.90 Å². The molecule has 1 saturated carbocycles. The predicted octanol–water partition coefficient (Wildman–Crippen LogP) is 1.12. The largest absolute Gasteiger partial charge is 0.480 e. The summed E-state index contributed by atoms with van der Waals surface area (Å²) >= 11 is 0. The zero-order chi connectivity index (χ0) is 12.5. The Labute approximate surface area is 90.0 Å². The monoisotopic (exact) mass is 239 g/mol. The number of carbonyl (C=O) groups excluding carboxylic acids is 1. The quantitative estimate of drug-likeness (QED) is 0.799. The molecule has 0 radical (unpaired) electrons. The molecule has 0 spiro atoms. The summed E-state index contributed by atoms with van der Waals surface area (Å²) in [4.78, 5) is 22.2. The van der Waals surface area contributed by atoms with Crippen LogP contribution in [-0.2, 0) is 9.59 Å². The zero-order valence-corrected chi connectivity index (χ0v) is 8.62. The Hall–Kier alpha value is -1.27. The molecule has 1 rings (SSSR count). The second kappa shape index (κ2) is 4.31. The molecule has 0 saturated heterocycles. The van der Waals surface area contributed by atoms with Crippen molar-refractivity contribution in [2.75, 3.05) is 13.1 Å². The first-order valence-corrected chi connectivity index (χ1v) is 4.78. The molecular formula is C9H12F3NO3. The summed E-state index contributed by atoms with van der Waals surface area (Å²) in [6.07, 6.45) is -4.03. The van der Waals surface area contributed by atoms with E-state index in [1.807, 2.05) is 0 Å². The van der Waals surface area contributed by atoms with Crippen molar-refractivity contribution in [3.05, 3.63) is 0 Å². The van der Waals surface area contributed by atoms with E-state index in [-0.39, 0.29) is 5.92 Å². The van der Waals surface area contributed by atoms with Crippen LogP contribution in [0.15, 0.2) is 0 Å². The highest BCUT2D eigenvalue weighted by Gasteiger charge is 2.44. The Morgan fingerprint density at radius 2 is 1.94 bits per heavy atom. The van der Waals surface area contributed by atoms with E-state index in [0.717, 1.165) is 0 Å². The number of hydrogen-bond donors (Lipinski definition) is 1. The number of alkyl halides is 3. The van der Waals surface area contributed by atoms with Crippen molar-refractivity contribution >= 4 is 11.9 Å². The third-order valence-electron chi connectivity index (χ3n) is 2.43. The van der Waals surface area contributed by atoms with Crippen LogP contribution in [0.1, 0.15) is 13.3 Å². The van der Waals surface area contributed by atoms with Gasteiger partial charge in [-0.1, -0.05) is 6.92 Å². The van der Waals surface area contributed by atoms with Gasteiger partial charge in [-0.05, 0) is 12.3 Å². The maximum absolute atomic E-state index is 12.1. The maximum Gasteiger partial charge on any atom is 0.406 e. The molecule has 0 aliphatic heterocycles. The summed E-state index contributed by atoms with van der Waals surface area (Å²) in [6, 6.07) is 0. The lowest BCUT2D eigenvalue weighted by molar-refractivity contribution is -0.166. The van der Waals surface area contributed by atoms with Crippen LogP contribution < -0.4 is 0 Å². The molecule has 7 heteroatoms. The topological polar surface area (TPSA) is 57.6 Å². The molecule has 1 amide bonds. The first kappa shape index (κ1) is 12.8. The molecule has 1 fully saturated rings. The molecule has 0 aromatic heterocycles. The Morgan fingerprint density at radius 3 is 2.25 bits per heavy atom. The minimum atomic E-state index is -4.57. The van der Waals surface area contributed by atoms with E-state index in [2.05, 4.69) is 0 Å². The van der Waals surface area contributed by atoms with Gasteiger partial charge in [0.1, 0.15) is 13.1 Å². The molecule has 0 aromatic rings. The smallest absolute Gasteiger partial charge is 0.406 e. The van der Waals surface area contributed by atoms with Gasteiger partial charge in [0.25, 0.3) is 0 Å². The lowest BCUT2D eigenvalue weighted by Gasteiger charge is -2.22. The summed E-state index contributed by atoms with van der Waals surface area (Å²) in [5, 5.41) is 8.44. The molecule has 1 aliphatic carbocycles. The van der Waals surface area contributed by atoms with Gasteiger partial charge >= 0.3 is 12.1 Å². The Balaban J connectivity index is 2.63. The number of carboxylic acids is 1. The lowest BCUT2D eigenvalue weighted by Crippen LogP contribution is -2.43. The number of rotatable bonds is 4. The Morgan fingerprint density at radius 1 is 1.44 bits per heavy atom. The van der Waals surface area contributed by atoms with Crippen LogP contribution in [0.2, 0.25) is 0 Å². The van der Waals surface area contributed by atoms with Crippen molar-refractivity contribution in [2.24, 2.45) is 11.8 Å². The normalized spacial score (nSPS) is 24.0. The van der Waals surface area contributed by atoms with Crippen LogP contribution in [0, 0.1) is 11.8 Å². The fourth-order valence-corrected chi connectivity index (χ4v) is 1.49. The lowest BCUT2D eigenvalue weighted by atomic mass is 10.3. The average molecular weight is 239 g/mol. The number of amides is 1. The molecular weight excluding hydrogens is 227 g/mol. The fourth-order valence-electron chi connectivity index (χ4n) is 1.49. The van der Waals surface area contributed by atoms with Crippen molar-refractivity contribution in [3.63, 3.8) is 0 Å². The minimum absolute atomic E-state index is 0.0528. The van der Waals surface area contributed by atoms with E-state index in [9.17, 15) is 22.8 Å². The average Bonchev–Trinajstić information content (AvgIpc) is 2.76. The summed E-state index contributed by atoms with van der Waals surface area (Å²) in [7, 11) is 0. The molecule has 0 heterocycles. The molecule has 2 atom stereocenters. The summed E-state index contributed by atoms with van der Waals surface area (Å²) < 4.78 is 36.3. The van der Waals surface area contributed by atoms with E-state index in [1.165, 1.54) is 0 Å². The third kappa shape index (κ3) is 3.71. The fraction of sp³-hybridized carbons (Fsp3) is 0.778. The van der Waals surface area contributed by atoms with E-state index < -0.39 is 37.1 Å². The van der Waals surface area contributed by atoms with E-state index in [1.54, 1.807) is 6.92 Å². The van der Waals surface area contributed by atoms with Gasteiger partial charge in [0.2, 0.25) is 5.91 Å². The molecule has 92 valence electrons. The predicted molar refractivity (Wildman–Crippen MR) is 47.5 cm³/mol. The highest BCUT2D eigenvalue weighted by atomic mass is 19.4. The van der Waals surface area contributed by atoms with Crippen molar-refractivity contribution < 1.29 is 27.9 Å². The zero-order valence-electron chi connectivity index (χ0n) is 8.62. The number of carbonyl (C=O) groups is 2. The highest BCUT2D eigenvalue weighted by Crippen LogP contribution is 2.39. The van der Waals surface area contributed by atoms with Gasteiger partial charge in [-0.25, -0.2) is 0 Å². The van der Waals surface area contributed by atoms with E-state index >= 15 is 0 Å². The third-order valence-corrected chi connectivity index (χ3v) is 2.43. The second-order valence-corrected chi connectivity index (χ2v) is 4.02. The highest BCUT2D eigenvalue weighted by molar-refractivity contribution is 5.85. The van der Waals surface area contributed by atoms with Crippen LogP contribution in [0.3, 0.4) is 0 Å². The number of halogens is 3. The summed E-state index contributed by atoms with van der Waals surface area (Å²) in [6.45, 7) is -0.655. The molecule has 0 bridgehead atoms. The van der Waals surface area contributed by atoms with Crippen molar-refractivity contribution in [1.29, 1.82) is 0 Å². The van der Waals surface area contributed by atoms with Gasteiger partial charge in [0.15, 0.2) is 0 Å². The Kier molecular flexibility index (Phi) is 3.44. The van der Waals surface area contributed by atoms with Gasteiger partial charge in [-0.2, -0.15) is 13.2 Å². The minimum Gasteiger partial charge on any atom is -0.480 e. The molecule has 1 N–H and O–H groups in total. The second-order valence-electron chi connectivity index (χ2n) is 4.02. The molecule has 0 aromatic carbocycles. The van der Waals surface area contributed by atoms with Crippen LogP contribution in [0.4, 0.5) is 13.2 Å². The van der Waals surface area contributed by atoms with Crippen LogP contribution in [-0.4, -0.2) is 41.1 Å². The van der Waals surface area contributed by atoms with Crippen LogP contribution >= 0.6 is 0 Å². The molecule has 2 unspecified atom stereocenters. The van der Waals surface area contributed by atoms with E-state index in [4.69, 9.17) is 5.11 Å². The van der Waals surface area contributed by atoms with Gasteiger partial charge in [0, 0.05) is 5.92 Å². The number of hydrogen-bond acceptors (Lipinski definition) is 2. The van der Waals surface area contributed by atoms with Crippen LogP contribution in [0.25, 0.3) is 0 Å². The summed E-state index contributed by atoms with van der Waals surface area (Å²) in [5.41, 5.74) is 0. The van der Waals surface area contributed by atoms with Gasteiger partial charge in [-0.3, -0.25) is 9.59 Å². The Bertz CT molecular complexity index is 303. The first-order chi connectivity index (χ1) is 7.20. The van der Waals surface area contributed by atoms with Gasteiger partial charge < -0.3 is 10.0 Å². The first-order valence-electron chi connectivity index (χ1n) is 4.78. The van der Waals surface area contributed by atoms with Crippen LogP contribution in [0.5, 0.6) is 0 Å². The number of aliphatic carboxylic acids is 1. The van der Waals surface area contributed by atoms with Crippen molar-refractivity contribution in [2.45, 2.75) is 19.5 Å². The van der Waals surface area contributed by atoms with Gasteiger partial charge in [0.05, 0.1) is 0 Å². The van der Waals surface area contributed by atoms with E-state index in [0.29, 0.717) is 11.3 Å². The number of nitrogens with zero attached hydrogens (tertiary/aromatic N) is 1. The van der Waals surface area contributed by atoms with Crippen molar-refractivity contribution in [3.8, 4) is 0 Å². The molecule has 16 heavy (non-hydrogen) atoms.